The summed E-state index contributed by atoms with van der Waals surface area (Å²) in [5.41, 5.74) is 3.74. The van der Waals surface area contributed by atoms with Gasteiger partial charge in [-0.05, 0) is 62.0 Å². The van der Waals surface area contributed by atoms with E-state index >= 15 is 0 Å². The predicted molar refractivity (Wildman–Crippen MR) is 196 cm³/mol. The zero-order valence-corrected chi connectivity index (χ0v) is 33.1. The van der Waals surface area contributed by atoms with Gasteiger partial charge in [-0.2, -0.15) is 10.1 Å². The number of H-pyrrole nitrogens is 1. The molecule has 0 bridgehead atoms. The van der Waals surface area contributed by atoms with Crippen LogP contribution in [0.15, 0.2) is 34.3 Å². The number of aromatic nitrogens is 7. The molecule has 4 aromatic rings. The number of carbonyl (C=O) groups excluding carboxylic acids is 1. The first kappa shape index (κ1) is 37.5. The zero-order chi connectivity index (χ0) is 35.6. The Morgan fingerprint density at radius 3 is 2.48 bits per heavy atom. The lowest BCUT2D eigenvalue weighted by molar-refractivity contribution is 0.0703. The van der Waals surface area contributed by atoms with Gasteiger partial charge in [0.05, 0.1) is 17.5 Å². The van der Waals surface area contributed by atoms with Crippen LogP contribution in [0.1, 0.15) is 56.6 Å². The minimum Gasteiger partial charge on any atom is -0.417 e. The Hall–Kier alpha value is -3.34. The van der Waals surface area contributed by atoms with E-state index in [2.05, 4.69) is 80.5 Å². The molecule has 48 heavy (non-hydrogen) atoms. The minimum atomic E-state index is -1.79. The first-order chi connectivity index (χ1) is 22.3. The fourth-order valence-corrected chi connectivity index (χ4v) is 7.12. The van der Waals surface area contributed by atoms with Gasteiger partial charge in [-0.1, -0.05) is 47.3 Å². The molecule has 1 atom stereocenters. The van der Waals surface area contributed by atoms with E-state index in [1.807, 2.05) is 18.5 Å². The first-order valence-electron chi connectivity index (χ1n) is 16.9. The van der Waals surface area contributed by atoms with Crippen molar-refractivity contribution in [2.75, 3.05) is 13.2 Å². The number of carbonyl (C=O) groups is 1. The zero-order valence-electron chi connectivity index (χ0n) is 31.1. The summed E-state index contributed by atoms with van der Waals surface area (Å²) in [6.45, 7) is 24.6. The highest BCUT2D eigenvalue weighted by Crippen LogP contribution is 2.36. The number of imidazole rings is 1. The van der Waals surface area contributed by atoms with Gasteiger partial charge in [-0.15, -0.1) is 0 Å². The standard InChI is InChI=1S/C34H56N8O4Si2/c1-24(14-13-15-46-48(11,12)34(3,4)5)21-42-31-29(20-35-39(31)6)37-33(42)38-30(43)26-18-25(2)36-28(19-26)27-22-41(40(7)32(27)44)23-45-16-17-47(8,9)10/h18-20,22,24H,13-17,21,23H2,1-12H3,(H,37,38,43)/t24-/m1/s1. The van der Waals surface area contributed by atoms with Crippen LogP contribution in [0, 0.1) is 12.8 Å². The predicted octanol–water partition coefficient (Wildman–Crippen LogP) is 6.07. The Bertz CT molecular complexity index is 1860. The van der Waals surface area contributed by atoms with Crippen molar-refractivity contribution in [2.24, 2.45) is 25.0 Å². The van der Waals surface area contributed by atoms with Crippen molar-refractivity contribution in [3.63, 3.8) is 0 Å². The number of nitrogens with one attached hydrogen (secondary N) is 1. The quantitative estimate of drug-likeness (QED) is 0.126. The molecule has 0 saturated heterocycles. The molecule has 0 aliphatic rings. The topological polar surface area (TPSA) is 126 Å². The van der Waals surface area contributed by atoms with Gasteiger partial charge in [-0.25, -0.2) is 0 Å². The number of ether oxygens (including phenoxy) is 1. The molecule has 0 fully saturated rings. The number of pyridine rings is 1. The summed E-state index contributed by atoms with van der Waals surface area (Å²) in [4.78, 5) is 39.4. The Morgan fingerprint density at radius 1 is 1.10 bits per heavy atom. The summed E-state index contributed by atoms with van der Waals surface area (Å²) >= 11 is 0. The fraction of sp³-hybridized carbons (Fsp3) is 0.618. The number of nitrogens with zero attached hydrogens (tertiary/aromatic N) is 7. The van der Waals surface area contributed by atoms with Gasteiger partial charge in [0.15, 0.2) is 14.0 Å². The second-order valence-electron chi connectivity index (χ2n) is 15.9. The number of rotatable bonds is 14. The lowest BCUT2D eigenvalue weighted by atomic mass is 10.1. The van der Waals surface area contributed by atoms with Gasteiger partial charge in [-0.3, -0.25) is 33.2 Å². The maximum Gasteiger partial charge on any atom is 0.280 e. The molecular formula is C34H56N8O4Si2. The van der Waals surface area contributed by atoms with Crippen LogP contribution >= 0.6 is 0 Å². The first-order valence-corrected chi connectivity index (χ1v) is 23.6. The lowest BCUT2D eigenvalue weighted by Gasteiger charge is -2.36. The van der Waals surface area contributed by atoms with Crippen LogP contribution in [0.5, 0.6) is 0 Å². The van der Waals surface area contributed by atoms with Gasteiger partial charge in [0.1, 0.15) is 12.2 Å². The highest BCUT2D eigenvalue weighted by Gasteiger charge is 2.36. The maximum absolute atomic E-state index is 13.7. The number of fused-ring (bicyclic) bond motifs is 1. The summed E-state index contributed by atoms with van der Waals surface area (Å²) in [6.07, 6.45) is 5.42. The number of aromatic amines is 1. The monoisotopic (exact) mass is 696 g/mol. The van der Waals surface area contributed by atoms with Crippen molar-refractivity contribution < 1.29 is 14.0 Å². The molecule has 0 spiro atoms. The molecule has 0 unspecified atom stereocenters. The molecule has 1 amide bonds. The Balaban J connectivity index is 1.55. The van der Waals surface area contributed by atoms with Crippen molar-refractivity contribution in [1.29, 1.82) is 0 Å². The molecule has 4 aromatic heterocycles. The van der Waals surface area contributed by atoms with Crippen LogP contribution in [0.25, 0.3) is 22.4 Å². The Labute approximate surface area is 286 Å². The Morgan fingerprint density at radius 2 is 1.81 bits per heavy atom. The van der Waals surface area contributed by atoms with Gasteiger partial charge < -0.3 is 14.1 Å². The van der Waals surface area contributed by atoms with Crippen molar-refractivity contribution in [3.05, 3.63) is 51.8 Å². The maximum atomic E-state index is 13.7. The SMILES string of the molecule is Cc1cc(C(=O)/N=c2\[nH]c3cnn(C)c3n2C[C@H](C)CCCO[Si](C)(C)C(C)(C)C)cc(-c2cn(COCC[Si](C)(C)C)n(C)c2=O)n1. The van der Waals surface area contributed by atoms with E-state index in [1.165, 1.54) is 4.68 Å². The third-order valence-electron chi connectivity index (χ3n) is 9.36. The molecule has 0 radical (unpaired) electrons. The smallest absolute Gasteiger partial charge is 0.280 e. The van der Waals surface area contributed by atoms with E-state index in [0.29, 0.717) is 47.2 Å². The van der Waals surface area contributed by atoms with Gasteiger partial charge in [0, 0.05) is 59.4 Å². The third-order valence-corrected chi connectivity index (χ3v) is 15.6. The minimum absolute atomic E-state index is 0.184. The highest BCUT2D eigenvalue weighted by molar-refractivity contribution is 6.76. The molecule has 0 aliphatic carbocycles. The summed E-state index contributed by atoms with van der Waals surface area (Å²) in [5.74, 6) is -0.109. The molecule has 0 aromatic carbocycles. The van der Waals surface area contributed by atoms with Crippen molar-refractivity contribution in [3.8, 4) is 11.3 Å². The van der Waals surface area contributed by atoms with Gasteiger partial charge in [0.25, 0.3) is 11.5 Å². The second kappa shape index (κ2) is 14.6. The molecule has 264 valence electrons. The van der Waals surface area contributed by atoms with Crippen molar-refractivity contribution >= 4 is 33.5 Å². The molecule has 12 nitrogen and oxygen atoms in total. The highest BCUT2D eigenvalue weighted by atomic mass is 28.4. The van der Waals surface area contributed by atoms with Gasteiger partial charge in [0.2, 0.25) is 5.62 Å². The van der Waals surface area contributed by atoms with Crippen LogP contribution in [-0.2, 0) is 36.5 Å². The molecule has 14 heteroatoms. The largest absolute Gasteiger partial charge is 0.417 e. The molecule has 0 saturated carbocycles. The molecule has 4 heterocycles. The van der Waals surface area contributed by atoms with E-state index in [-0.39, 0.29) is 17.3 Å². The van der Waals surface area contributed by atoms with E-state index in [9.17, 15) is 9.59 Å². The molecule has 4 rings (SSSR count). The number of amides is 1. The average molecular weight is 697 g/mol. The van der Waals surface area contributed by atoms with Crippen LogP contribution < -0.4 is 11.2 Å². The summed E-state index contributed by atoms with van der Waals surface area (Å²) in [5, 5.41) is 4.59. The summed E-state index contributed by atoms with van der Waals surface area (Å²) in [6, 6.07) is 4.39. The summed E-state index contributed by atoms with van der Waals surface area (Å²) < 4.78 is 19.4. The van der Waals surface area contributed by atoms with Crippen molar-refractivity contribution in [2.45, 2.75) is 105 Å². The van der Waals surface area contributed by atoms with Crippen LogP contribution in [0.3, 0.4) is 0 Å². The van der Waals surface area contributed by atoms with E-state index in [0.717, 1.165) is 36.7 Å². The van der Waals surface area contributed by atoms with E-state index in [4.69, 9.17) is 9.16 Å². The third kappa shape index (κ3) is 9.01. The van der Waals surface area contributed by atoms with Crippen LogP contribution in [0.4, 0.5) is 0 Å². The Kier molecular flexibility index (Phi) is 11.4. The van der Waals surface area contributed by atoms with Gasteiger partial charge >= 0.3 is 0 Å². The number of hydrogen-bond acceptors (Lipinski definition) is 6. The van der Waals surface area contributed by atoms with E-state index in [1.54, 1.807) is 40.9 Å². The lowest BCUT2D eigenvalue weighted by Crippen LogP contribution is -2.41. The second-order valence-corrected chi connectivity index (χ2v) is 26.3. The van der Waals surface area contributed by atoms with Crippen LogP contribution in [-0.4, -0.2) is 69.2 Å². The normalized spacial score (nSPS) is 14.0. The average Bonchev–Trinajstić information content (AvgIpc) is 3.60. The fourth-order valence-electron chi connectivity index (χ4n) is 5.28. The van der Waals surface area contributed by atoms with Crippen LogP contribution in [0.2, 0.25) is 43.8 Å². The van der Waals surface area contributed by atoms with E-state index < -0.39 is 22.3 Å². The molecular weight excluding hydrogens is 641 g/mol. The molecule has 1 N–H and O–H groups in total. The molecule has 0 aliphatic heterocycles. The number of aryl methyl sites for hydroxylation is 2. The van der Waals surface area contributed by atoms with Crippen molar-refractivity contribution in [1.82, 2.24) is 33.7 Å². The summed E-state index contributed by atoms with van der Waals surface area (Å²) in [7, 11) is 0.584. The number of hydrogen-bond donors (Lipinski definition) is 1.